The van der Waals surface area contributed by atoms with Crippen molar-refractivity contribution in [3.8, 4) is 11.5 Å². The number of carbonyl (C=O) groups is 2. The molecular formula is C46H48N4O4. The van der Waals surface area contributed by atoms with E-state index in [4.69, 9.17) is 0 Å². The van der Waals surface area contributed by atoms with Gasteiger partial charge in [-0.3, -0.25) is 19.6 Å². The molecule has 0 aliphatic heterocycles. The van der Waals surface area contributed by atoms with Crippen LogP contribution >= 0.6 is 0 Å². The number of pyridine rings is 2. The van der Waals surface area contributed by atoms with Crippen molar-refractivity contribution in [2.45, 2.75) is 76.0 Å². The number of aromatic hydroxyl groups is 2. The molecule has 2 fully saturated rings. The molecule has 0 bridgehead atoms. The molecule has 8 heteroatoms. The van der Waals surface area contributed by atoms with Gasteiger partial charge >= 0.3 is 0 Å². The van der Waals surface area contributed by atoms with Gasteiger partial charge in [0.25, 0.3) is 0 Å². The maximum absolute atomic E-state index is 12.3. The summed E-state index contributed by atoms with van der Waals surface area (Å²) in [5.74, 6) is 2.06. The summed E-state index contributed by atoms with van der Waals surface area (Å²) in [6.07, 6.45) is 13.4. The zero-order chi connectivity index (χ0) is 37.3. The first-order valence-corrected chi connectivity index (χ1v) is 19.2. The molecule has 2 aliphatic carbocycles. The van der Waals surface area contributed by atoms with E-state index in [-0.39, 0.29) is 23.3 Å². The molecule has 0 unspecified atom stereocenters. The van der Waals surface area contributed by atoms with Crippen molar-refractivity contribution in [1.29, 1.82) is 0 Å². The van der Waals surface area contributed by atoms with E-state index in [0.717, 1.165) is 62.4 Å². The number of benzene rings is 4. The van der Waals surface area contributed by atoms with Gasteiger partial charge in [0, 0.05) is 36.0 Å². The predicted octanol–water partition coefficient (Wildman–Crippen LogP) is 10.5. The second kappa shape index (κ2) is 17.4. The number of aromatic nitrogens is 2. The van der Waals surface area contributed by atoms with E-state index in [1.54, 1.807) is 48.5 Å². The average Bonchev–Trinajstić information content (AvgIpc) is 3.20. The van der Waals surface area contributed by atoms with Gasteiger partial charge in [-0.25, -0.2) is 0 Å². The molecule has 8 rings (SSSR count). The molecule has 2 heterocycles. The SMILES string of the molecule is O=C(CC1CCC(c2ccnc3ccccc23)CC1)Nc1ccccc1O.O=C(CC1CCC(c2ccnc3ccccc23)CC1)Nc1ccccc1O. The van der Waals surface area contributed by atoms with E-state index in [9.17, 15) is 19.8 Å². The maximum Gasteiger partial charge on any atom is 0.224 e. The zero-order valence-corrected chi connectivity index (χ0v) is 30.5. The molecule has 0 saturated heterocycles. The van der Waals surface area contributed by atoms with Crippen molar-refractivity contribution < 1.29 is 19.8 Å². The Kier molecular flexibility index (Phi) is 11.8. The normalized spacial score (nSPS) is 19.7. The van der Waals surface area contributed by atoms with Gasteiger partial charge in [-0.2, -0.15) is 0 Å². The highest BCUT2D eigenvalue weighted by Crippen LogP contribution is 2.41. The lowest BCUT2D eigenvalue weighted by molar-refractivity contribution is -0.118. The lowest BCUT2D eigenvalue weighted by Crippen LogP contribution is -2.20. The van der Waals surface area contributed by atoms with Gasteiger partial charge in [0.1, 0.15) is 11.5 Å². The summed E-state index contributed by atoms with van der Waals surface area (Å²) in [7, 11) is 0. The number of phenolic OH excluding ortho intramolecular Hbond substituents is 2. The summed E-state index contributed by atoms with van der Waals surface area (Å²) in [4.78, 5) is 33.6. The highest BCUT2D eigenvalue weighted by molar-refractivity contribution is 5.93. The van der Waals surface area contributed by atoms with Gasteiger partial charge in [0.2, 0.25) is 11.8 Å². The molecule has 2 saturated carbocycles. The second-order valence-corrected chi connectivity index (χ2v) is 14.8. The molecule has 0 atom stereocenters. The molecule has 8 nitrogen and oxygen atoms in total. The molecule has 4 aromatic carbocycles. The number of phenols is 2. The van der Waals surface area contributed by atoms with Crippen LogP contribution in [0, 0.1) is 11.8 Å². The fourth-order valence-electron chi connectivity index (χ4n) is 8.39. The number of anilines is 2. The van der Waals surface area contributed by atoms with E-state index >= 15 is 0 Å². The summed E-state index contributed by atoms with van der Waals surface area (Å²) in [5.41, 5.74) is 5.85. The number of para-hydroxylation sites is 6. The van der Waals surface area contributed by atoms with Gasteiger partial charge in [0.15, 0.2) is 0 Å². The smallest absolute Gasteiger partial charge is 0.224 e. The topological polar surface area (TPSA) is 124 Å². The van der Waals surface area contributed by atoms with Gasteiger partial charge in [-0.1, -0.05) is 60.7 Å². The van der Waals surface area contributed by atoms with Gasteiger partial charge in [-0.05, 0) is 135 Å². The van der Waals surface area contributed by atoms with E-state index in [1.807, 2.05) is 24.5 Å². The predicted molar refractivity (Wildman–Crippen MR) is 216 cm³/mol. The number of nitrogens with one attached hydrogen (secondary N) is 2. The summed E-state index contributed by atoms with van der Waals surface area (Å²) >= 11 is 0. The molecule has 54 heavy (non-hydrogen) atoms. The molecule has 2 amide bonds. The number of hydrogen-bond donors (Lipinski definition) is 4. The Balaban J connectivity index is 0.000000167. The third-order valence-corrected chi connectivity index (χ3v) is 11.2. The van der Waals surface area contributed by atoms with E-state index in [1.165, 1.54) is 21.9 Å². The first-order valence-electron chi connectivity index (χ1n) is 19.2. The molecule has 276 valence electrons. The Hall–Kier alpha value is -5.76. The van der Waals surface area contributed by atoms with Crippen LogP contribution in [0.15, 0.2) is 122 Å². The Morgan fingerprint density at radius 2 is 0.870 bits per heavy atom. The Labute approximate surface area is 316 Å². The van der Waals surface area contributed by atoms with E-state index in [2.05, 4.69) is 69.1 Å². The zero-order valence-electron chi connectivity index (χ0n) is 30.5. The fourth-order valence-corrected chi connectivity index (χ4v) is 8.39. The summed E-state index contributed by atoms with van der Waals surface area (Å²) < 4.78 is 0. The third kappa shape index (κ3) is 9.05. The van der Waals surface area contributed by atoms with Gasteiger partial charge in [0.05, 0.1) is 22.4 Å². The number of amides is 2. The Morgan fingerprint density at radius 3 is 1.28 bits per heavy atom. The number of hydrogen-bond acceptors (Lipinski definition) is 6. The van der Waals surface area contributed by atoms with Crippen LogP contribution in [0.1, 0.15) is 87.2 Å². The molecular weight excluding hydrogens is 673 g/mol. The van der Waals surface area contributed by atoms with E-state index < -0.39 is 0 Å². The molecule has 2 aliphatic rings. The number of rotatable bonds is 8. The third-order valence-electron chi connectivity index (χ3n) is 11.2. The van der Waals surface area contributed by atoms with Crippen molar-refractivity contribution >= 4 is 45.0 Å². The van der Waals surface area contributed by atoms with Crippen LogP contribution in [0.25, 0.3) is 21.8 Å². The molecule has 0 spiro atoms. The van der Waals surface area contributed by atoms with Crippen LogP contribution in [0.4, 0.5) is 11.4 Å². The van der Waals surface area contributed by atoms with Crippen LogP contribution in [-0.2, 0) is 9.59 Å². The molecule has 2 aromatic heterocycles. The van der Waals surface area contributed by atoms with E-state index in [0.29, 0.717) is 47.9 Å². The summed E-state index contributed by atoms with van der Waals surface area (Å²) in [6, 6.07) is 34.6. The summed E-state index contributed by atoms with van der Waals surface area (Å²) in [5, 5.41) is 27.7. The molecule has 6 aromatic rings. The molecule has 4 N–H and O–H groups in total. The number of nitrogens with zero attached hydrogens (tertiary/aromatic N) is 2. The highest BCUT2D eigenvalue weighted by Gasteiger charge is 2.27. The highest BCUT2D eigenvalue weighted by atomic mass is 16.3. The van der Waals surface area contributed by atoms with Gasteiger partial charge < -0.3 is 20.8 Å². The van der Waals surface area contributed by atoms with Crippen LogP contribution in [0.2, 0.25) is 0 Å². The van der Waals surface area contributed by atoms with Crippen LogP contribution < -0.4 is 10.6 Å². The Morgan fingerprint density at radius 1 is 0.500 bits per heavy atom. The van der Waals surface area contributed by atoms with Gasteiger partial charge in [-0.15, -0.1) is 0 Å². The minimum Gasteiger partial charge on any atom is -0.506 e. The van der Waals surface area contributed by atoms with Crippen LogP contribution in [0.3, 0.4) is 0 Å². The van der Waals surface area contributed by atoms with Crippen molar-refractivity contribution in [2.75, 3.05) is 10.6 Å². The van der Waals surface area contributed by atoms with Crippen LogP contribution in [0.5, 0.6) is 11.5 Å². The minimum atomic E-state index is -0.0192. The first kappa shape index (κ1) is 36.6. The first-order chi connectivity index (χ1) is 26.4. The standard InChI is InChI=1S/2C23H24N2O2/c2*26-22-8-4-3-7-21(22)25-23(27)15-16-9-11-17(12-10-16)18-13-14-24-20-6-2-1-5-19(18)20/h2*1-8,13-14,16-17,26H,9-12,15H2,(H,25,27). The van der Waals surface area contributed by atoms with Crippen molar-refractivity contribution in [2.24, 2.45) is 11.8 Å². The quantitative estimate of drug-likeness (QED) is 0.116. The minimum absolute atomic E-state index is 0.0192. The lowest BCUT2D eigenvalue weighted by atomic mass is 9.77. The second-order valence-electron chi connectivity index (χ2n) is 14.8. The van der Waals surface area contributed by atoms with Crippen molar-refractivity contribution in [3.63, 3.8) is 0 Å². The monoisotopic (exact) mass is 720 g/mol. The van der Waals surface area contributed by atoms with Crippen LogP contribution in [-0.4, -0.2) is 32.0 Å². The lowest BCUT2D eigenvalue weighted by Gasteiger charge is -2.29. The largest absolute Gasteiger partial charge is 0.506 e. The number of fused-ring (bicyclic) bond motifs is 2. The summed E-state index contributed by atoms with van der Waals surface area (Å²) in [6.45, 7) is 0. The fraction of sp³-hybridized carbons (Fsp3) is 0.304. The van der Waals surface area contributed by atoms with Crippen molar-refractivity contribution in [1.82, 2.24) is 9.97 Å². The van der Waals surface area contributed by atoms with Crippen molar-refractivity contribution in [3.05, 3.63) is 133 Å². The Bertz CT molecular complexity index is 2040. The average molecular weight is 721 g/mol. The maximum atomic E-state index is 12.3. The number of carbonyl (C=O) groups excluding carboxylic acids is 2. The molecule has 0 radical (unpaired) electrons.